The molecule has 0 atom stereocenters. The fraction of sp³-hybridized carbons (Fsp3) is 0.273. The first-order chi connectivity index (χ1) is 9.99. The summed E-state index contributed by atoms with van der Waals surface area (Å²) >= 11 is 0. The Labute approximate surface area is 118 Å². The second kappa shape index (κ2) is 5.94. The largest absolute Gasteiger partial charge is 0.370 e. The van der Waals surface area contributed by atoms with Crippen LogP contribution in [0.25, 0.3) is 11.0 Å². The zero-order valence-corrected chi connectivity index (χ0v) is 11.1. The van der Waals surface area contributed by atoms with Crippen molar-refractivity contribution >= 4 is 28.8 Å². The lowest BCUT2D eigenvalue weighted by atomic mass is 10.2. The normalized spacial score (nSPS) is 10.5. The highest BCUT2D eigenvalue weighted by Gasteiger charge is 2.15. The van der Waals surface area contributed by atoms with E-state index in [-0.39, 0.29) is 34.4 Å². The van der Waals surface area contributed by atoms with Gasteiger partial charge in [-0.15, -0.1) is 0 Å². The highest BCUT2D eigenvalue weighted by atomic mass is 16.2. The van der Waals surface area contributed by atoms with Crippen molar-refractivity contribution in [3.05, 3.63) is 22.1 Å². The van der Waals surface area contributed by atoms with E-state index in [4.69, 9.17) is 17.2 Å². The van der Waals surface area contributed by atoms with Crippen LogP contribution < -0.4 is 28.1 Å². The number of H-pyrrole nitrogens is 2. The van der Waals surface area contributed by atoms with Gasteiger partial charge < -0.3 is 27.5 Å². The number of carbonyl (C=O) groups is 1. The molecule has 2 heterocycles. The quantitative estimate of drug-likeness (QED) is 0.215. The van der Waals surface area contributed by atoms with Gasteiger partial charge in [0.1, 0.15) is 5.65 Å². The van der Waals surface area contributed by atoms with Crippen molar-refractivity contribution in [2.45, 2.75) is 6.42 Å². The number of aliphatic imine (C=N–C) groups is 1. The van der Waals surface area contributed by atoms with Gasteiger partial charge in [0.25, 0.3) is 11.5 Å². The molecule has 1 amide bonds. The molecule has 2 rings (SSSR count). The van der Waals surface area contributed by atoms with Crippen molar-refractivity contribution in [1.29, 1.82) is 0 Å². The maximum atomic E-state index is 12.0. The van der Waals surface area contributed by atoms with Crippen LogP contribution in [0, 0.1) is 0 Å². The molecule has 21 heavy (non-hydrogen) atoms. The van der Waals surface area contributed by atoms with Gasteiger partial charge in [-0.3, -0.25) is 19.6 Å². The van der Waals surface area contributed by atoms with Gasteiger partial charge in [-0.1, -0.05) is 0 Å². The number of hydrogen-bond donors (Lipinski definition) is 6. The molecular weight excluding hydrogens is 276 g/mol. The second-order valence-corrected chi connectivity index (χ2v) is 4.29. The minimum absolute atomic E-state index is 0.00755. The Balaban J connectivity index is 2.07. The number of aromatic amines is 2. The van der Waals surface area contributed by atoms with Crippen LogP contribution >= 0.6 is 0 Å². The molecule has 0 bridgehead atoms. The molecule has 0 fully saturated rings. The Hall–Kier alpha value is -3.04. The van der Waals surface area contributed by atoms with Gasteiger partial charge in [-0.25, -0.2) is 0 Å². The lowest BCUT2D eigenvalue weighted by Gasteiger charge is -2.02. The number of nitrogens with zero attached hydrogens (tertiary/aromatic N) is 2. The van der Waals surface area contributed by atoms with E-state index in [1.807, 2.05) is 0 Å². The summed E-state index contributed by atoms with van der Waals surface area (Å²) in [6.07, 6.45) is 1.99. The third-order valence-corrected chi connectivity index (χ3v) is 2.72. The molecule has 10 heteroatoms. The zero-order chi connectivity index (χ0) is 15.4. The Kier molecular flexibility index (Phi) is 4.07. The van der Waals surface area contributed by atoms with E-state index >= 15 is 0 Å². The van der Waals surface area contributed by atoms with E-state index in [0.717, 1.165) is 0 Å². The van der Waals surface area contributed by atoms with Crippen molar-refractivity contribution < 1.29 is 4.79 Å². The highest BCUT2D eigenvalue weighted by molar-refractivity contribution is 6.05. The zero-order valence-electron chi connectivity index (χ0n) is 11.1. The minimum atomic E-state index is -0.468. The van der Waals surface area contributed by atoms with Gasteiger partial charge >= 0.3 is 0 Å². The number of guanidine groups is 1. The van der Waals surface area contributed by atoms with Crippen molar-refractivity contribution in [2.75, 3.05) is 18.8 Å². The Morgan fingerprint density at radius 2 is 2.19 bits per heavy atom. The first kappa shape index (κ1) is 14.4. The average Bonchev–Trinajstić information content (AvgIpc) is 2.81. The van der Waals surface area contributed by atoms with Gasteiger partial charge in [0.15, 0.2) is 5.96 Å². The number of anilines is 1. The summed E-state index contributed by atoms with van der Waals surface area (Å²) in [7, 11) is 0. The lowest BCUT2D eigenvalue weighted by Crippen LogP contribution is -2.27. The highest BCUT2D eigenvalue weighted by Crippen LogP contribution is 2.12. The minimum Gasteiger partial charge on any atom is -0.370 e. The number of nitrogen functional groups attached to an aromatic ring is 1. The van der Waals surface area contributed by atoms with Crippen LogP contribution in [-0.2, 0) is 0 Å². The van der Waals surface area contributed by atoms with Crippen molar-refractivity contribution in [2.24, 2.45) is 16.5 Å². The molecule has 0 saturated heterocycles. The number of carbonyl (C=O) groups excluding carboxylic acids is 1. The van der Waals surface area contributed by atoms with E-state index in [2.05, 4.69) is 25.3 Å². The lowest BCUT2D eigenvalue weighted by molar-refractivity contribution is 0.0955. The Bertz CT molecular complexity index is 740. The predicted octanol–water partition coefficient (Wildman–Crippen LogP) is -1.77. The number of nitrogens with one attached hydrogen (secondary N) is 3. The average molecular weight is 292 g/mol. The summed E-state index contributed by atoms with van der Waals surface area (Å²) in [6.45, 7) is 0.789. The predicted molar refractivity (Wildman–Crippen MR) is 78.8 cm³/mol. The number of fused-ring (bicyclic) bond motifs is 1. The van der Waals surface area contributed by atoms with Crippen LogP contribution in [0.3, 0.4) is 0 Å². The van der Waals surface area contributed by atoms with Crippen LogP contribution in [0.4, 0.5) is 5.95 Å². The third kappa shape index (κ3) is 3.29. The summed E-state index contributed by atoms with van der Waals surface area (Å²) in [5.74, 6) is -0.394. The summed E-state index contributed by atoms with van der Waals surface area (Å²) in [5, 5.41) is 2.84. The van der Waals surface area contributed by atoms with Crippen molar-refractivity contribution in [3.63, 3.8) is 0 Å². The van der Waals surface area contributed by atoms with E-state index < -0.39 is 5.56 Å². The van der Waals surface area contributed by atoms with Crippen LogP contribution in [0.5, 0.6) is 0 Å². The van der Waals surface area contributed by atoms with E-state index in [9.17, 15) is 9.59 Å². The molecule has 0 saturated carbocycles. The molecule has 112 valence electrons. The number of amides is 1. The first-order valence-electron chi connectivity index (χ1n) is 6.19. The number of aromatic nitrogens is 3. The van der Waals surface area contributed by atoms with Gasteiger partial charge in [-0.2, -0.15) is 4.98 Å². The molecule has 0 aliphatic carbocycles. The van der Waals surface area contributed by atoms with E-state index in [0.29, 0.717) is 19.5 Å². The molecule has 0 unspecified atom stereocenters. The molecule has 0 aliphatic heterocycles. The maximum absolute atomic E-state index is 12.0. The van der Waals surface area contributed by atoms with Crippen molar-refractivity contribution in [3.8, 4) is 0 Å². The molecule has 2 aromatic rings. The Morgan fingerprint density at radius 1 is 1.43 bits per heavy atom. The fourth-order valence-corrected chi connectivity index (χ4v) is 1.82. The fourth-order valence-electron chi connectivity index (χ4n) is 1.82. The van der Waals surface area contributed by atoms with Crippen LogP contribution in [0.15, 0.2) is 16.0 Å². The molecule has 0 radical (unpaired) electrons. The second-order valence-electron chi connectivity index (χ2n) is 4.29. The van der Waals surface area contributed by atoms with Crippen LogP contribution in [0.2, 0.25) is 0 Å². The molecule has 10 nitrogen and oxygen atoms in total. The third-order valence-electron chi connectivity index (χ3n) is 2.72. The first-order valence-corrected chi connectivity index (χ1v) is 6.19. The monoisotopic (exact) mass is 292 g/mol. The summed E-state index contributed by atoms with van der Waals surface area (Å²) in [6, 6.07) is 0. The SMILES string of the molecule is NC(N)=NCCCNC(=O)c1c[nH]c2nc(N)[nH]c(=O)c12. The van der Waals surface area contributed by atoms with Gasteiger partial charge in [-0.05, 0) is 6.42 Å². The number of hydrogen-bond acceptors (Lipinski definition) is 5. The number of rotatable bonds is 5. The van der Waals surface area contributed by atoms with Gasteiger partial charge in [0.2, 0.25) is 5.95 Å². The molecule has 0 aliphatic rings. The van der Waals surface area contributed by atoms with Crippen molar-refractivity contribution in [1.82, 2.24) is 20.3 Å². The number of nitrogens with two attached hydrogens (primary N) is 3. The smallest absolute Gasteiger partial charge is 0.262 e. The molecular formula is C11H16N8O2. The molecule has 2 aromatic heterocycles. The van der Waals surface area contributed by atoms with Crippen LogP contribution in [-0.4, -0.2) is 39.9 Å². The van der Waals surface area contributed by atoms with Gasteiger partial charge in [0, 0.05) is 19.3 Å². The summed E-state index contributed by atoms with van der Waals surface area (Å²) in [4.78, 5) is 36.6. The maximum Gasteiger partial charge on any atom is 0.262 e. The van der Waals surface area contributed by atoms with E-state index in [1.165, 1.54) is 6.20 Å². The Morgan fingerprint density at radius 3 is 2.90 bits per heavy atom. The molecule has 0 aromatic carbocycles. The molecule has 0 spiro atoms. The molecule has 9 N–H and O–H groups in total. The standard InChI is InChI=1S/C11H16N8O2/c12-10(13)16-3-1-2-15-8(20)5-4-17-7-6(5)9(21)19-11(14)18-7/h4H,1-3H2,(H,15,20)(H4,12,13,16)(H4,14,17,18,19,21). The summed E-state index contributed by atoms with van der Waals surface area (Å²) in [5.41, 5.74) is 15.8. The van der Waals surface area contributed by atoms with Gasteiger partial charge in [0.05, 0.1) is 10.9 Å². The topological polar surface area (TPSA) is 181 Å². The van der Waals surface area contributed by atoms with E-state index in [1.54, 1.807) is 0 Å². The summed E-state index contributed by atoms with van der Waals surface area (Å²) < 4.78 is 0. The van der Waals surface area contributed by atoms with Crippen LogP contribution in [0.1, 0.15) is 16.8 Å².